The number of para-hydroxylation sites is 1. The first-order chi connectivity index (χ1) is 12.6. The smallest absolute Gasteiger partial charge is 0.250 e. The molecule has 0 spiro atoms. The van der Waals surface area contributed by atoms with Gasteiger partial charge in [0.2, 0.25) is 0 Å². The summed E-state index contributed by atoms with van der Waals surface area (Å²) in [6.07, 6.45) is 2.94. The zero-order valence-electron chi connectivity index (χ0n) is 15.7. The third kappa shape index (κ3) is 4.14. The Morgan fingerprint density at radius 2 is 1.88 bits per heavy atom. The van der Waals surface area contributed by atoms with Crippen molar-refractivity contribution in [2.24, 2.45) is 0 Å². The van der Waals surface area contributed by atoms with Crippen molar-refractivity contribution in [1.82, 2.24) is 10.2 Å². The molecule has 0 fully saturated rings. The van der Waals surface area contributed by atoms with Gasteiger partial charge in [0.25, 0.3) is 5.91 Å². The molecular weight excluding hydrogens is 324 g/mol. The number of likely N-dealkylation sites (N-methyl/N-ethyl adjacent to an activating group) is 1. The number of benzene rings is 2. The summed E-state index contributed by atoms with van der Waals surface area (Å²) in [5.74, 6) is 0.753. The first-order valence-corrected chi connectivity index (χ1v) is 9.04. The first kappa shape index (κ1) is 18.2. The van der Waals surface area contributed by atoms with Gasteiger partial charge in [-0.05, 0) is 43.8 Å². The van der Waals surface area contributed by atoms with Crippen LogP contribution >= 0.6 is 0 Å². The van der Waals surface area contributed by atoms with Gasteiger partial charge >= 0.3 is 0 Å². The summed E-state index contributed by atoms with van der Waals surface area (Å²) in [6, 6.07) is 16.5. The van der Waals surface area contributed by atoms with Crippen LogP contribution < -0.4 is 10.1 Å². The van der Waals surface area contributed by atoms with Gasteiger partial charge in [0.1, 0.15) is 12.4 Å². The molecule has 1 heterocycles. The van der Waals surface area contributed by atoms with E-state index in [9.17, 15) is 4.79 Å². The van der Waals surface area contributed by atoms with Crippen LogP contribution in [0.5, 0.6) is 5.75 Å². The highest BCUT2D eigenvalue weighted by Gasteiger charge is 2.19. The Morgan fingerprint density at radius 1 is 1.15 bits per heavy atom. The molecule has 26 heavy (non-hydrogen) atoms. The van der Waals surface area contributed by atoms with Crippen molar-refractivity contribution in [3.8, 4) is 5.75 Å². The fourth-order valence-corrected chi connectivity index (χ4v) is 3.12. The molecular formula is C22H26N2O2. The predicted molar refractivity (Wildman–Crippen MR) is 105 cm³/mol. The number of fused-ring (bicyclic) bond motifs is 1. The molecule has 0 aliphatic carbocycles. The van der Waals surface area contributed by atoms with Gasteiger partial charge in [0, 0.05) is 12.1 Å². The Balaban J connectivity index is 1.67. The minimum Gasteiger partial charge on any atom is -0.488 e. The van der Waals surface area contributed by atoms with E-state index in [1.807, 2.05) is 44.4 Å². The maximum atomic E-state index is 12.6. The number of amides is 1. The molecule has 1 atom stereocenters. The molecule has 1 amide bonds. The molecule has 0 aromatic heterocycles. The van der Waals surface area contributed by atoms with Gasteiger partial charge in [0.15, 0.2) is 0 Å². The second kappa shape index (κ2) is 8.19. The van der Waals surface area contributed by atoms with Crippen molar-refractivity contribution in [2.45, 2.75) is 19.4 Å². The Kier molecular flexibility index (Phi) is 5.74. The molecule has 0 saturated heterocycles. The zero-order valence-corrected chi connectivity index (χ0v) is 15.7. The average Bonchev–Trinajstić information content (AvgIpc) is 2.67. The van der Waals surface area contributed by atoms with E-state index in [1.165, 1.54) is 11.1 Å². The number of aryl methyl sites for hydroxylation is 1. The van der Waals surface area contributed by atoms with Gasteiger partial charge in [0.05, 0.1) is 11.6 Å². The van der Waals surface area contributed by atoms with E-state index >= 15 is 0 Å². The lowest BCUT2D eigenvalue weighted by Gasteiger charge is -2.26. The number of carbonyl (C=O) groups is 1. The average molecular weight is 350 g/mol. The predicted octanol–water partition coefficient (Wildman–Crippen LogP) is 3.44. The Hall–Kier alpha value is -2.59. The first-order valence-electron chi connectivity index (χ1n) is 9.04. The van der Waals surface area contributed by atoms with E-state index in [-0.39, 0.29) is 11.9 Å². The largest absolute Gasteiger partial charge is 0.488 e. The summed E-state index contributed by atoms with van der Waals surface area (Å²) in [5, 5.41) is 3.06. The maximum absolute atomic E-state index is 12.6. The summed E-state index contributed by atoms with van der Waals surface area (Å²) in [4.78, 5) is 14.7. The summed E-state index contributed by atoms with van der Waals surface area (Å²) in [5.41, 5.74) is 4.12. The number of hydrogen-bond donors (Lipinski definition) is 1. The van der Waals surface area contributed by atoms with Gasteiger partial charge in [-0.1, -0.05) is 49.4 Å². The highest BCUT2D eigenvalue weighted by atomic mass is 16.5. The quantitative estimate of drug-likeness (QED) is 0.868. The van der Waals surface area contributed by atoms with Crippen LogP contribution in [-0.4, -0.2) is 38.1 Å². The van der Waals surface area contributed by atoms with Gasteiger partial charge in [-0.2, -0.15) is 0 Å². The normalized spacial score (nSPS) is 14.2. The second-order valence-electron chi connectivity index (χ2n) is 6.78. The maximum Gasteiger partial charge on any atom is 0.250 e. The van der Waals surface area contributed by atoms with Gasteiger partial charge in [-0.15, -0.1) is 0 Å². The van der Waals surface area contributed by atoms with Gasteiger partial charge in [-0.25, -0.2) is 0 Å². The molecule has 4 heteroatoms. The van der Waals surface area contributed by atoms with Crippen molar-refractivity contribution in [3.63, 3.8) is 0 Å². The van der Waals surface area contributed by atoms with E-state index < -0.39 is 0 Å². The van der Waals surface area contributed by atoms with Crippen LogP contribution in [0.4, 0.5) is 0 Å². The van der Waals surface area contributed by atoms with Crippen molar-refractivity contribution < 1.29 is 9.53 Å². The van der Waals surface area contributed by atoms with Crippen LogP contribution in [0.1, 0.15) is 29.7 Å². The number of ether oxygens (including phenoxy) is 1. The van der Waals surface area contributed by atoms with Crippen molar-refractivity contribution in [2.75, 3.05) is 27.2 Å². The van der Waals surface area contributed by atoms with E-state index in [0.717, 1.165) is 17.7 Å². The molecule has 0 saturated carbocycles. The molecule has 1 N–H and O–H groups in total. The third-order valence-electron chi connectivity index (χ3n) is 4.78. The van der Waals surface area contributed by atoms with Crippen molar-refractivity contribution in [1.29, 1.82) is 0 Å². The highest BCUT2D eigenvalue weighted by molar-refractivity contribution is 5.99. The van der Waals surface area contributed by atoms with Gasteiger partial charge in [-0.3, -0.25) is 4.79 Å². The number of hydrogen-bond acceptors (Lipinski definition) is 3. The monoisotopic (exact) mass is 350 g/mol. The van der Waals surface area contributed by atoms with Crippen LogP contribution in [-0.2, 0) is 11.2 Å². The Morgan fingerprint density at radius 3 is 2.58 bits per heavy atom. The Bertz CT molecular complexity index is 794. The van der Waals surface area contributed by atoms with Crippen LogP contribution in [0.3, 0.4) is 0 Å². The van der Waals surface area contributed by atoms with E-state index in [2.05, 4.69) is 41.4 Å². The topological polar surface area (TPSA) is 41.6 Å². The minimum absolute atomic E-state index is 0.0727. The molecule has 0 radical (unpaired) electrons. The second-order valence-corrected chi connectivity index (χ2v) is 6.78. The van der Waals surface area contributed by atoms with Crippen LogP contribution in [0.2, 0.25) is 0 Å². The lowest BCUT2D eigenvalue weighted by Crippen LogP contribution is -2.36. The molecule has 0 unspecified atom stereocenters. The molecule has 2 aromatic carbocycles. The molecule has 1 aliphatic heterocycles. The van der Waals surface area contributed by atoms with Crippen LogP contribution in [0.25, 0.3) is 6.08 Å². The highest BCUT2D eigenvalue weighted by Crippen LogP contribution is 2.26. The fourth-order valence-electron chi connectivity index (χ4n) is 3.12. The number of nitrogens with one attached hydrogen (secondary N) is 1. The van der Waals surface area contributed by atoms with Crippen molar-refractivity contribution >= 4 is 12.0 Å². The van der Waals surface area contributed by atoms with E-state index in [4.69, 9.17) is 4.74 Å². The van der Waals surface area contributed by atoms with Crippen LogP contribution in [0.15, 0.2) is 54.1 Å². The molecule has 2 aromatic rings. The van der Waals surface area contributed by atoms with Crippen molar-refractivity contribution in [3.05, 3.63) is 70.8 Å². The van der Waals surface area contributed by atoms with E-state index in [1.54, 1.807) is 0 Å². The molecule has 1 aliphatic rings. The van der Waals surface area contributed by atoms with Gasteiger partial charge < -0.3 is 15.0 Å². The number of carbonyl (C=O) groups excluding carboxylic acids is 1. The lowest BCUT2D eigenvalue weighted by molar-refractivity contribution is -0.118. The molecule has 136 valence electrons. The lowest BCUT2D eigenvalue weighted by atomic mass is 10.0. The summed E-state index contributed by atoms with van der Waals surface area (Å²) < 4.78 is 5.68. The third-order valence-corrected chi connectivity index (χ3v) is 4.78. The SMILES string of the molecule is CCc1ccc([C@H](CNC(=O)C2=Cc3ccccc3OC2)N(C)C)cc1. The minimum atomic E-state index is -0.0727. The summed E-state index contributed by atoms with van der Waals surface area (Å²) in [7, 11) is 4.06. The summed E-state index contributed by atoms with van der Waals surface area (Å²) in [6.45, 7) is 3.01. The molecule has 3 rings (SSSR count). The Labute approximate surface area is 155 Å². The number of nitrogens with zero attached hydrogens (tertiary/aromatic N) is 1. The molecule has 4 nitrogen and oxygen atoms in total. The standard InChI is InChI=1S/C22H26N2O2/c1-4-16-9-11-17(12-10-16)20(24(2)3)14-23-22(25)19-13-18-7-5-6-8-21(18)26-15-19/h5-13,20H,4,14-15H2,1-3H3,(H,23,25)/t20-/m0/s1. The van der Waals surface area contributed by atoms with E-state index in [0.29, 0.717) is 18.7 Å². The molecule has 0 bridgehead atoms. The fraction of sp³-hybridized carbons (Fsp3) is 0.318. The zero-order chi connectivity index (χ0) is 18.5. The van der Waals surface area contributed by atoms with Crippen LogP contribution in [0, 0.1) is 0 Å². The summed E-state index contributed by atoms with van der Waals surface area (Å²) >= 11 is 0. The number of rotatable bonds is 6.